The van der Waals surface area contributed by atoms with Gasteiger partial charge in [0, 0.05) is 23.7 Å². The number of aromatic nitrogens is 3. The summed E-state index contributed by atoms with van der Waals surface area (Å²) in [4.78, 5) is 21.8. The van der Waals surface area contributed by atoms with Gasteiger partial charge < -0.3 is 19.4 Å². The SMILES string of the molecule is COc1ccc(NC(=O)Cn2c(SCc3ccc(C)cc3)nc3ccncc32)cc1OC. The average molecular weight is 449 g/mol. The van der Waals surface area contributed by atoms with Crippen molar-refractivity contribution >= 4 is 34.4 Å². The van der Waals surface area contributed by atoms with Crippen LogP contribution in [0.15, 0.2) is 66.1 Å². The predicted octanol–water partition coefficient (Wildman–Crippen LogP) is 4.69. The highest BCUT2D eigenvalue weighted by Crippen LogP contribution is 2.30. The quantitative estimate of drug-likeness (QED) is 0.394. The Morgan fingerprint density at radius 2 is 1.84 bits per heavy atom. The molecule has 0 bridgehead atoms. The molecule has 1 amide bonds. The molecule has 0 saturated heterocycles. The van der Waals surface area contributed by atoms with Crippen LogP contribution in [0.3, 0.4) is 0 Å². The maximum Gasteiger partial charge on any atom is 0.244 e. The number of methoxy groups -OCH3 is 2. The number of hydrogen-bond donors (Lipinski definition) is 1. The highest BCUT2D eigenvalue weighted by molar-refractivity contribution is 7.98. The summed E-state index contributed by atoms with van der Waals surface area (Å²) in [6.45, 7) is 2.19. The Hall–Kier alpha value is -3.52. The summed E-state index contributed by atoms with van der Waals surface area (Å²) in [7, 11) is 3.13. The van der Waals surface area contributed by atoms with Gasteiger partial charge in [0.25, 0.3) is 0 Å². The number of hydrogen-bond acceptors (Lipinski definition) is 6. The van der Waals surface area contributed by atoms with Crippen molar-refractivity contribution in [3.8, 4) is 11.5 Å². The van der Waals surface area contributed by atoms with E-state index in [2.05, 4.69) is 41.5 Å². The number of thioether (sulfide) groups is 1. The second-order valence-electron chi connectivity index (χ2n) is 7.24. The number of fused-ring (bicyclic) bond motifs is 1. The van der Waals surface area contributed by atoms with Gasteiger partial charge in [0.05, 0.1) is 31.4 Å². The molecule has 4 aromatic rings. The molecule has 4 rings (SSSR count). The summed E-state index contributed by atoms with van der Waals surface area (Å²) in [5.41, 5.74) is 4.69. The van der Waals surface area contributed by atoms with Crippen LogP contribution in [-0.2, 0) is 17.1 Å². The lowest BCUT2D eigenvalue weighted by atomic mass is 10.2. The minimum Gasteiger partial charge on any atom is -0.493 e. The zero-order valence-corrected chi connectivity index (χ0v) is 19.0. The molecule has 7 nitrogen and oxygen atoms in total. The predicted molar refractivity (Wildman–Crippen MR) is 126 cm³/mol. The molecule has 164 valence electrons. The molecular formula is C24H24N4O3S. The van der Waals surface area contributed by atoms with Crippen molar-refractivity contribution in [1.29, 1.82) is 0 Å². The van der Waals surface area contributed by atoms with E-state index in [-0.39, 0.29) is 12.5 Å². The largest absolute Gasteiger partial charge is 0.493 e. The Balaban J connectivity index is 1.54. The van der Waals surface area contributed by atoms with Crippen LogP contribution in [0.25, 0.3) is 11.0 Å². The van der Waals surface area contributed by atoms with Crippen LogP contribution in [0.1, 0.15) is 11.1 Å². The Kier molecular flexibility index (Phi) is 6.61. The Morgan fingerprint density at radius 1 is 1.06 bits per heavy atom. The van der Waals surface area contributed by atoms with E-state index >= 15 is 0 Å². The number of carbonyl (C=O) groups excluding carboxylic acids is 1. The maximum absolute atomic E-state index is 12.9. The van der Waals surface area contributed by atoms with Crippen LogP contribution in [0.5, 0.6) is 11.5 Å². The number of nitrogens with zero attached hydrogens (tertiary/aromatic N) is 3. The number of rotatable bonds is 8. The normalized spacial score (nSPS) is 10.8. The highest BCUT2D eigenvalue weighted by Gasteiger charge is 2.15. The van der Waals surface area contributed by atoms with Crippen LogP contribution in [0, 0.1) is 6.92 Å². The molecule has 1 N–H and O–H groups in total. The second-order valence-corrected chi connectivity index (χ2v) is 8.18. The fourth-order valence-corrected chi connectivity index (χ4v) is 4.27. The van der Waals surface area contributed by atoms with Gasteiger partial charge in [-0.05, 0) is 30.7 Å². The van der Waals surface area contributed by atoms with E-state index in [1.54, 1.807) is 56.6 Å². The number of pyridine rings is 1. The van der Waals surface area contributed by atoms with Crippen LogP contribution in [-0.4, -0.2) is 34.7 Å². The molecule has 0 unspecified atom stereocenters. The highest BCUT2D eigenvalue weighted by atomic mass is 32.2. The molecule has 0 aliphatic rings. The summed E-state index contributed by atoms with van der Waals surface area (Å²) in [6, 6.07) is 15.5. The molecule has 0 aliphatic heterocycles. The molecule has 2 aromatic heterocycles. The number of ether oxygens (including phenoxy) is 2. The van der Waals surface area contributed by atoms with Crippen molar-refractivity contribution in [1.82, 2.24) is 14.5 Å². The van der Waals surface area contributed by atoms with E-state index in [9.17, 15) is 4.79 Å². The van der Waals surface area contributed by atoms with Gasteiger partial charge in [-0.25, -0.2) is 4.98 Å². The molecule has 0 fully saturated rings. The van der Waals surface area contributed by atoms with E-state index in [4.69, 9.17) is 14.5 Å². The van der Waals surface area contributed by atoms with Gasteiger partial charge >= 0.3 is 0 Å². The van der Waals surface area contributed by atoms with Gasteiger partial charge in [-0.1, -0.05) is 41.6 Å². The standard InChI is InChI=1S/C24H24N4O3S/c1-16-4-6-17(7-5-16)15-32-24-27-19-10-11-25-13-20(19)28(24)14-23(29)26-18-8-9-21(30-2)22(12-18)31-3/h4-13H,14-15H2,1-3H3,(H,26,29). The zero-order valence-electron chi connectivity index (χ0n) is 18.2. The van der Waals surface area contributed by atoms with Gasteiger partial charge in [0.1, 0.15) is 6.54 Å². The van der Waals surface area contributed by atoms with E-state index < -0.39 is 0 Å². The number of anilines is 1. The lowest BCUT2D eigenvalue weighted by Gasteiger charge is -2.12. The van der Waals surface area contributed by atoms with Gasteiger partial charge in [-0.3, -0.25) is 9.78 Å². The summed E-state index contributed by atoms with van der Waals surface area (Å²) in [6.07, 6.45) is 3.44. The first-order valence-electron chi connectivity index (χ1n) is 10.1. The Morgan fingerprint density at radius 3 is 2.59 bits per heavy atom. The van der Waals surface area contributed by atoms with Gasteiger partial charge in [-0.15, -0.1) is 0 Å². The summed E-state index contributed by atoms with van der Waals surface area (Å²) in [5.74, 6) is 1.75. The Bertz CT molecular complexity index is 1240. The molecule has 0 radical (unpaired) electrons. The van der Waals surface area contributed by atoms with Crippen molar-refractivity contribution in [2.75, 3.05) is 19.5 Å². The van der Waals surface area contributed by atoms with Crippen LogP contribution < -0.4 is 14.8 Å². The maximum atomic E-state index is 12.9. The first kappa shape index (κ1) is 21.7. The van der Waals surface area contributed by atoms with Crippen LogP contribution in [0.2, 0.25) is 0 Å². The molecule has 0 spiro atoms. The van der Waals surface area contributed by atoms with E-state index in [1.165, 1.54) is 11.1 Å². The molecule has 0 atom stereocenters. The van der Waals surface area contributed by atoms with E-state index in [1.807, 2.05) is 10.6 Å². The van der Waals surface area contributed by atoms with Crippen molar-refractivity contribution < 1.29 is 14.3 Å². The summed E-state index contributed by atoms with van der Waals surface area (Å²) < 4.78 is 12.5. The third-order valence-corrected chi connectivity index (χ3v) is 6.02. The molecule has 2 aromatic carbocycles. The van der Waals surface area contributed by atoms with Crippen molar-refractivity contribution in [2.24, 2.45) is 0 Å². The fraction of sp³-hybridized carbons (Fsp3) is 0.208. The molecule has 8 heteroatoms. The number of imidazole rings is 1. The second kappa shape index (κ2) is 9.74. The molecule has 32 heavy (non-hydrogen) atoms. The minimum atomic E-state index is -0.169. The zero-order chi connectivity index (χ0) is 22.5. The first-order chi connectivity index (χ1) is 15.6. The molecular weight excluding hydrogens is 424 g/mol. The number of amides is 1. The lowest BCUT2D eigenvalue weighted by molar-refractivity contribution is -0.116. The number of carbonyl (C=O) groups is 1. The molecule has 0 saturated carbocycles. The first-order valence-corrected chi connectivity index (χ1v) is 11.1. The van der Waals surface area contributed by atoms with Gasteiger partial charge in [-0.2, -0.15) is 0 Å². The smallest absolute Gasteiger partial charge is 0.244 e. The van der Waals surface area contributed by atoms with Crippen LogP contribution in [0.4, 0.5) is 5.69 Å². The van der Waals surface area contributed by atoms with Gasteiger partial charge in [0.15, 0.2) is 16.7 Å². The number of benzene rings is 2. The van der Waals surface area contributed by atoms with Crippen molar-refractivity contribution in [3.05, 3.63) is 72.1 Å². The minimum absolute atomic E-state index is 0.118. The van der Waals surface area contributed by atoms with Crippen LogP contribution >= 0.6 is 11.8 Å². The number of aryl methyl sites for hydroxylation is 1. The molecule has 0 aliphatic carbocycles. The summed E-state index contributed by atoms with van der Waals surface area (Å²) >= 11 is 1.60. The van der Waals surface area contributed by atoms with Gasteiger partial charge in [0.2, 0.25) is 5.91 Å². The lowest BCUT2D eigenvalue weighted by Crippen LogP contribution is -2.19. The Labute approximate surface area is 190 Å². The van der Waals surface area contributed by atoms with Crippen molar-refractivity contribution in [3.63, 3.8) is 0 Å². The third kappa shape index (κ3) is 4.86. The third-order valence-electron chi connectivity index (χ3n) is 4.97. The average Bonchev–Trinajstić information content (AvgIpc) is 3.15. The topological polar surface area (TPSA) is 78.3 Å². The van der Waals surface area contributed by atoms with E-state index in [0.717, 1.165) is 21.9 Å². The number of nitrogens with one attached hydrogen (secondary N) is 1. The van der Waals surface area contributed by atoms with Crippen molar-refractivity contribution in [2.45, 2.75) is 24.4 Å². The van der Waals surface area contributed by atoms with E-state index in [0.29, 0.717) is 17.2 Å². The molecule has 2 heterocycles. The fourth-order valence-electron chi connectivity index (χ4n) is 3.30. The monoisotopic (exact) mass is 448 g/mol. The summed E-state index contributed by atoms with van der Waals surface area (Å²) in [5, 5.41) is 3.70.